The van der Waals surface area contributed by atoms with Crippen molar-refractivity contribution in [2.24, 2.45) is 0 Å². The largest absolute Gasteiger partial charge is 0.444 e. The van der Waals surface area contributed by atoms with E-state index in [0.717, 1.165) is 48.0 Å². The van der Waals surface area contributed by atoms with Crippen LogP contribution in [0.15, 0.2) is 24.7 Å². The highest BCUT2D eigenvalue weighted by molar-refractivity contribution is 6.76. The molecule has 4 heterocycles. The number of hydrogen-bond donors (Lipinski definition) is 1. The first-order valence-corrected chi connectivity index (χ1v) is 16.8. The van der Waals surface area contributed by atoms with Gasteiger partial charge in [0.2, 0.25) is 5.91 Å². The number of likely N-dealkylation sites (tertiary alicyclic amines) is 1. The molecule has 0 saturated carbocycles. The lowest BCUT2D eigenvalue weighted by molar-refractivity contribution is -0.131. The second-order valence-electron chi connectivity index (χ2n) is 12.0. The minimum atomic E-state index is -1.13. The van der Waals surface area contributed by atoms with Crippen molar-refractivity contribution in [2.45, 2.75) is 77.5 Å². The van der Waals surface area contributed by atoms with Crippen LogP contribution in [0.2, 0.25) is 25.7 Å². The maximum Gasteiger partial charge on any atom is 0.408 e. The fraction of sp³-hybridized carbons (Fsp3) is 0.615. The SMILES string of the molecule is CC(C)(C)OC(=O)NCC(=O)N1CCC(c2cnc3cnc4c(ccn4COCC[Si](C)(C)C)n23)CC1. The van der Waals surface area contributed by atoms with Crippen molar-refractivity contribution in [1.29, 1.82) is 0 Å². The quantitative estimate of drug-likeness (QED) is 0.347. The Morgan fingerprint density at radius 1 is 1.14 bits per heavy atom. The second kappa shape index (κ2) is 10.8. The van der Waals surface area contributed by atoms with E-state index in [1.165, 1.54) is 0 Å². The summed E-state index contributed by atoms with van der Waals surface area (Å²) in [5, 5.41) is 2.56. The molecule has 4 rings (SSSR count). The molecule has 1 saturated heterocycles. The van der Waals surface area contributed by atoms with E-state index in [0.29, 0.717) is 19.8 Å². The van der Waals surface area contributed by atoms with E-state index in [9.17, 15) is 9.59 Å². The number of imidazole rings is 1. The Labute approximate surface area is 219 Å². The number of nitrogens with one attached hydrogen (secondary N) is 1. The zero-order chi connectivity index (χ0) is 26.8. The van der Waals surface area contributed by atoms with Crippen LogP contribution < -0.4 is 5.32 Å². The van der Waals surface area contributed by atoms with E-state index < -0.39 is 19.8 Å². The van der Waals surface area contributed by atoms with Crippen LogP contribution in [0.5, 0.6) is 0 Å². The van der Waals surface area contributed by atoms with Gasteiger partial charge in [-0.2, -0.15) is 0 Å². The number of nitrogens with zero attached hydrogens (tertiary/aromatic N) is 5. The van der Waals surface area contributed by atoms with Gasteiger partial charge in [0.05, 0.1) is 11.7 Å². The Balaban J connectivity index is 1.38. The fourth-order valence-electron chi connectivity index (χ4n) is 4.55. The van der Waals surface area contributed by atoms with Crippen molar-refractivity contribution < 1.29 is 19.1 Å². The normalized spacial score (nSPS) is 15.5. The number of hydrogen-bond acceptors (Lipinski definition) is 6. The minimum Gasteiger partial charge on any atom is -0.444 e. The highest BCUT2D eigenvalue weighted by atomic mass is 28.3. The number of fused-ring (bicyclic) bond motifs is 3. The number of carbonyl (C=O) groups excluding carboxylic acids is 2. The van der Waals surface area contributed by atoms with Gasteiger partial charge in [0, 0.05) is 51.8 Å². The molecule has 1 aliphatic rings. The first-order valence-electron chi connectivity index (χ1n) is 13.0. The summed E-state index contributed by atoms with van der Waals surface area (Å²) < 4.78 is 15.4. The van der Waals surface area contributed by atoms with Gasteiger partial charge >= 0.3 is 6.09 Å². The maximum atomic E-state index is 12.6. The number of carbonyl (C=O) groups is 2. The monoisotopic (exact) mass is 528 g/mol. The molecular formula is C26H40N6O4Si. The number of alkyl carbamates (subject to hydrolysis) is 1. The van der Waals surface area contributed by atoms with Gasteiger partial charge in [-0.05, 0) is 45.7 Å². The molecule has 0 atom stereocenters. The number of ether oxygens (including phenoxy) is 2. The molecule has 3 aromatic heterocycles. The molecule has 0 unspecified atom stereocenters. The molecule has 1 aliphatic heterocycles. The Kier molecular flexibility index (Phi) is 7.93. The highest BCUT2D eigenvalue weighted by Crippen LogP contribution is 2.30. The zero-order valence-corrected chi connectivity index (χ0v) is 23.9. The van der Waals surface area contributed by atoms with Crippen molar-refractivity contribution in [3.05, 3.63) is 30.4 Å². The van der Waals surface area contributed by atoms with Gasteiger partial charge < -0.3 is 24.3 Å². The van der Waals surface area contributed by atoms with Crippen LogP contribution >= 0.6 is 0 Å². The van der Waals surface area contributed by atoms with Crippen LogP contribution in [-0.2, 0) is 21.0 Å². The van der Waals surface area contributed by atoms with Crippen molar-refractivity contribution in [1.82, 2.24) is 29.2 Å². The van der Waals surface area contributed by atoms with Crippen LogP contribution in [0.1, 0.15) is 45.2 Å². The predicted molar refractivity (Wildman–Crippen MR) is 145 cm³/mol. The van der Waals surface area contributed by atoms with Crippen molar-refractivity contribution >= 4 is 36.9 Å². The second-order valence-corrected chi connectivity index (χ2v) is 17.6. The van der Waals surface area contributed by atoms with Gasteiger partial charge in [0.15, 0.2) is 11.3 Å². The van der Waals surface area contributed by atoms with Gasteiger partial charge in [0.1, 0.15) is 18.9 Å². The number of piperidine rings is 1. The molecule has 10 nitrogen and oxygen atoms in total. The van der Waals surface area contributed by atoms with E-state index in [1.54, 1.807) is 20.8 Å². The van der Waals surface area contributed by atoms with E-state index >= 15 is 0 Å². The summed E-state index contributed by atoms with van der Waals surface area (Å²) in [6.45, 7) is 14.9. The summed E-state index contributed by atoms with van der Waals surface area (Å²) in [5.41, 5.74) is 3.25. The zero-order valence-electron chi connectivity index (χ0n) is 22.9. The van der Waals surface area contributed by atoms with E-state index in [2.05, 4.69) is 45.4 Å². The molecule has 3 aromatic rings. The lowest BCUT2D eigenvalue weighted by atomic mass is 9.93. The molecule has 0 spiro atoms. The summed E-state index contributed by atoms with van der Waals surface area (Å²) in [6, 6.07) is 3.21. The van der Waals surface area contributed by atoms with E-state index in [-0.39, 0.29) is 18.4 Å². The smallest absolute Gasteiger partial charge is 0.408 e. The Bertz CT molecular complexity index is 1250. The molecule has 0 bridgehead atoms. The third kappa shape index (κ3) is 6.89. The molecule has 1 fully saturated rings. The Morgan fingerprint density at radius 2 is 1.86 bits per heavy atom. The molecule has 1 N–H and O–H groups in total. The third-order valence-corrected chi connectivity index (χ3v) is 8.25. The Hall–Kier alpha value is -2.92. The summed E-state index contributed by atoms with van der Waals surface area (Å²) in [7, 11) is -1.13. The van der Waals surface area contributed by atoms with Crippen LogP contribution in [0, 0.1) is 0 Å². The van der Waals surface area contributed by atoms with Gasteiger partial charge in [-0.15, -0.1) is 0 Å². The molecule has 37 heavy (non-hydrogen) atoms. The topological polar surface area (TPSA) is 103 Å². The fourth-order valence-corrected chi connectivity index (χ4v) is 5.31. The van der Waals surface area contributed by atoms with Crippen molar-refractivity contribution in [2.75, 3.05) is 26.2 Å². The lowest BCUT2D eigenvalue weighted by Crippen LogP contribution is -2.44. The summed E-state index contributed by atoms with van der Waals surface area (Å²) in [6.07, 6.45) is 6.85. The van der Waals surface area contributed by atoms with Crippen LogP contribution in [-0.4, -0.2) is 75.8 Å². The molecule has 0 aromatic carbocycles. The van der Waals surface area contributed by atoms with E-state index in [1.807, 2.05) is 28.1 Å². The number of amides is 2. The van der Waals surface area contributed by atoms with Crippen molar-refractivity contribution in [3.63, 3.8) is 0 Å². The van der Waals surface area contributed by atoms with Gasteiger partial charge in [-0.1, -0.05) is 19.6 Å². The third-order valence-electron chi connectivity index (χ3n) is 6.55. The van der Waals surface area contributed by atoms with Crippen LogP contribution in [0.4, 0.5) is 4.79 Å². The molecule has 11 heteroatoms. The molecule has 0 aliphatic carbocycles. The molecule has 202 valence electrons. The maximum absolute atomic E-state index is 12.6. The van der Waals surface area contributed by atoms with Gasteiger partial charge in [-0.25, -0.2) is 14.8 Å². The summed E-state index contributed by atoms with van der Waals surface area (Å²) >= 11 is 0. The first kappa shape index (κ1) is 27.1. The van der Waals surface area contributed by atoms with Gasteiger partial charge in [0.25, 0.3) is 0 Å². The number of rotatable bonds is 8. The van der Waals surface area contributed by atoms with Crippen molar-refractivity contribution in [3.8, 4) is 0 Å². The Morgan fingerprint density at radius 3 is 2.54 bits per heavy atom. The van der Waals surface area contributed by atoms with Crippen LogP contribution in [0.25, 0.3) is 16.8 Å². The standard InChI is InChI=1S/C26H40N6O4Si/c1-26(2,3)36-25(34)29-17-23(33)30-10-7-19(8-11-30)21-15-27-22-16-28-24-20(32(21)22)9-12-31(24)18-35-13-14-37(4,5)6/h9,12,15-16,19H,7-8,10-11,13-14,17-18H2,1-6H3,(H,29,34). The average Bonchev–Trinajstić information content (AvgIpc) is 3.42. The molecule has 0 radical (unpaired) electrons. The summed E-state index contributed by atoms with van der Waals surface area (Å²) in [5.74, 6) is 0.181. The van der Waals surface area contributed by atoms with Crippen LogP contribution in [0.3, 0.4) is 0 Å². The minimum absolute atomic E-state index is 0.0605. The first-order chi connectivity index (χ1) is 17.4. The summed E-state index contributed by atoms with van der Waals surface area (Å²) in [4.78, 5) is 35.6. The lowest BCUT2D eigenvalue weighted by Gasteiger charge is -2.32. The predicted octanol–water partition coefficient (Wildman–Crippen LogP) is 4.23. The number of aromatic nitrogens is 4. The highest BCUT2D eigenvalue weighted by Gasteiger charge is 2.27. The van der Waals surface area contributed by atoms with Gasteiger partial charge in [-0.3, -0.25) is 9.20 Å². The molecular weight excluding hydrogens is 488 g/mol. The average molecular weight is 529 g/mol. The van der Waals surface area contributed by atoms with E-state index in [4.69, 9.17) is 9.47 Å². The molecule has 2 amide bonds.